The van der Waals surface area contributed by atoms with Gasteiger partial charge in [-0.25, -0.2) is 13.4 Å². The molecule has 2 aromatic rings. The van der Waals surface area contributed by atoms with Crippen LogP contribution in [0.2, 0.25) is 0 Å². The smallest absolute Gasteiger partial charge is 0.231 e. The molecule has 1 aliphatic carbocycles. The number of amides is 1. The maximum atomic E-state index is 13.0. The zero-order valence-corrected chi connectivity index (χ0v) is 15.0. The molecule has 0 atom stereocenters. The zero-order valence-electron chi connectivity index (χ0n) is 14.2. The summed E-state index contributed by atoms with van der Waals surface area (Å²) in [4.78, 5) is 17.3. The summed E-state index contributed by atoms with van der Waals surface area (Å²) in [6.07, 6.45) is 7.16. The van der Waals surface area contributed by atoms with Crippen molar-refractivity contribution in [2.45, 2.75) is 49.0 Å². The average molecular weight is 362 g/mol. The minimum atomic E-state index is -3.25. The summed E-state index contributed by atoms with van der Waals surface area (Å²) in [5, 5.41) is 9.45. The minimum absolute atomic E-state index is 0.0456. The van der Waals surface area contributed by atoms with Crippen LogP contribution in [-0.2, 0) is 26.6 Å². The SMILES string of the molecule is CS(=O)(=O)c1ccc(C2(C(=O)NCc3ncn[nH]3)CCCCC2)cc1. The first-order chi connectivity index (χ1) is 11.9. The number of aromatic amines is 1. The average Bonchev–Trinajstić information content (AvgIpc) is 3.13. The number of benzene rings is 1. The molecule has 1 amide bonds. The lowest BCUT2D eigenvalue weighted by Gasteiger charge is -2.36. The first kappa shape index (κ1) is 17.6. The largest absolute Gasteiger partial charge is 0.348 e. The molecule has 0 radical (unpaired) electrons. The molecule has 1 aromatic carbocycles. The van der Waals surface area contributed by atoms with Gasteiger partial charge in [-0.3, -0.25) is 9.89 Å². The third kappa shape index (κ3) is 3.73. The molecule has 8 heteroatoms. The van der Waals surface area contributed by atoms with Crippen LogP contribution in [0.3, 0.4) is 0 Å². The van der Waals surface area contributed by atoms with E-state index in [9.17, 15) is 13.2 Å². The molecule has 7 nitrogen and oxygen atoms in total. The summed E-state index contributed by atoms with van der Waals surface area (Å²) in [6, 6.07) is 6.72. The molecule has 25 heavy (non-hydrogen) atoms. The van der Waals surface area contributed by atoms with Gasteiger partial charge in [0, 0.05) is 6.26 Å². The second kappa shape index (κ2) is 6.95. The number of sulfone groups is 1. The van der Waals surface area contributed by atoms with Gasteiger partial charge in [0.05, 0.1) is 16.9 Å². The van der Waals surface area contributed by atoms with Crippen LogP contribution >= 0.6 is 0 Å². The lowest BCUT2D eigenvalue weighted by Crippen LogP contribution is -2.45. The maximum absolute atomic E-state index is 13.0. The number of hydrogen-bond donors (Lipinski definition) is 2. The van der Waals surface area contributed by atoms with Gasteiger partial charge in [-0.15, -0.1) is 0 Å². The van der Waals surface area contributed by atoms with Crippen molar-refractivity contribution >= 4 is 15.7 Å². The predicted octanol–water partition coefficient (Wildman–Crippen LogP) is 1.73. The van der Waals surface area contributed by atoms with E-state index < -0.39 is 15.3 Å². The fourth-order valence-electron chi connectivity index (χ4n) is 3.47. The molecule has 0 saturated heterocycles. The van der Waals surface area contributed by atoms with E-state index in [0.717, 1.165) is 37.7 Å². The van der Waals surface area contributed by atoms with Crippen molar-refractivity contribution in [1.82, 2.24) is 20.5 Å². The topological polar surface area (TPSA) is 105 Å². The summed E-state index contributed by atoms with van der Waals surface area (Å²) < 4.78 is 23.3. The molecule has 0 spiro atoms. The number of nitrogens with one attached hydrogen (secondary N) is 2. The van der Waals surface area contributed by atoms with Crippen molar-refractivity contribution in [2.75, 3.05) is 6.26 Å². The Morgan fingerprint density at radius 1 is 1.20 bits per heavy atom. The maximum Gasteiger partial charge on any atom is 0.231 e. The predicted molar refractivity (Wildman–Crippen MR) is 92.5 cm³/mol. The van der Waals surface area contributed by atoms with Crippen molar-refractivity contribution in [3.63, 3.8) is 0 Å². The highest BCUT2D eigenvalue weighted by atomic mass is 32.2. The van der Waals surface area contributed by atoms with Crippen molar-refractivity contribution in [3.05, 3.63) is 42.0 Å². The quantitative estimate of drug-likeness (QED) is 0.843. The fraction of sp³-hybridized carbons (Fsp3) is 0.471. The second-order valence-corrected chi connectivity index (χ2v) is 8.57. The first-order valence-electron chi connectivity index (χ1n) is 8.35. The molecule has 1 fully saturated rings. The number of H-pyrrole nitrogens is 1. The number of aromatic nitrogens is 3. The fourth-order valence-corrected chi connectivity index (χ4v) is 4.10. The van der Waals surface area contributed by atoms with Gasteiger partial charge in [0.2, 0.25) is 5.91 Å². The Morgan fingerprint density at radius 3 is 2.44 bits per heavy atom. The first-order valence-corrected chi connectivity index (χ1v) is 10.2. The van der Waals surface area contributed by atoms with Crippen LogP contribution in [0.1, 0.15) is 43.5 Å². The third-order valence-corrected chi connectivity index (χ3v) is 5.99. The number of carbonyl (C=O) groups excluding carboxylic acids is 1. The summed E-state index contributed by atoms with van der Waals surface area (Å²) >= 11 is 0. The van der Waals surface area contributed by atoms with E-state index in [2.05, 4.69) is 20.5 Å². The van der Waals surface area contributed by atoms with Gasteiger partial charge in [0.1, 0.15) is 12.2 Å². The van der Waals surface area contributed by atoms with Crippen LogP contribution in [-0.4, -0.2) is 35.8 Å². The molecule has 3 rings (SSSR count). The van der Waals surface area contributed by atoms with Crippen molar-refractivity contribution in [2.24, 2.45) is 0 Å². The van der Waals surface area contributed by atoms with E-state index in [1.54, 1.807) is 24.3 Å². The van der Waals surface area contributed by atoms with Crippen molar-refractivity contribution < 1.29 is 13.2 Å². The van der Waals surface area contributed by atoms with E-state index in [1.165, 1.54) is 12.6 Å². The van der Waals surface area contributed by atoms with Crippen molar-refractivity contribution in [1.29, 1.82) is 0 Å². The molecule has 0 aliphatic heterocycles. The lowest BCUT2D eigenvalue weighted by atomic mass is 9.68. The molecule has 0 bridgehead atoms. The molecule has 1 aliphatic rings. The highest BCUT2D eigenvalue weighted by Gasteiger charge is 2.41. The Bertz CT molecular complexity index is 823. The highest BCUT2D eigenvalue weighted by Crippen LogP contribution is 2.40. The van der Waals surface area contributed by atoms with Gasteiger partial charge in [0.25, 0.3) is 0 Å². The molecule has 1 heterocycles. The zero-order chi connectivity index (χ0) is 17.9. The molecular formula is C17H22N4O3S. The van der Waals surface area contributed by atoms with Crippen LogP contribution in [0.5, 0.6) is 0 Å². The van der Waals surface area contributed by atoms with Gasteiger partial charge in [0.15, 0.2) is 9.84 Å². The molecule has 134 valence electrons. The minimum Gasteiger partial charge on any atom is -0.348 e. The summed E-state index contributed by atoms with van der Waals surface area (Å²) in [5.74, 6) is 0.558. The van der Waals surface area contributed by atoms with Gasteiger partial charge in [-0.2, -0.15) is 5.10 Å². The van der Waals surface area contributed by atoms with Gasteiger partial charge in [-0.05, 0) is 30.5 Å². The van der Waals surface area contributed by atoms with E-state index in [0.29, 0.717) is 12.4 Å². The second-order valence-electron chi connectivity index (χ2n) is 6.55. The number of carbonyl (C=O) groups is 1. The van der Waals surface area contributed by atoms with Gasteiger partial charge >= 0.3 is 0 Å². The van der Waals surface area contributed by atoms with E-state index in [4.69, 9.17) is 0 Å². The van der Waals surface area contributed by atoms with Crippen LogP contribution < -0.4 is 5.32 Å². The van der Waals surface area contributed by atoms with E-state index >= 15 is 0 Å². The van der Waals surface area contributed by atoms with Crippen molar-refractivity contribution in [3.8, 4) is 0 Å². The Morgan fingerprint density at radius 2 is 1.88 bits per heavy atom. The normalized spacial score (nSPS) is 17.2. The van der Waals surface area contributed by atoms with Gasteiger partial charge < -0.3 is 5.32 Å². The molecular weight excluding hydrogens is 340 g/mol. The summed E-state index contributed by atoms with van der Waals surface area (Å²) in [5.41, 5.74) is 0.253. The number of nitrogens with zero attached hydrogens (tertiary/aromatic N) is 2. The van der Waals surface area contributed by atoms with Crippen LogP contribution in [0.25, 0.3) is 0 Å². The molecule has 0 unspecified atom stereocenters. The van der Waals surface area contributed by atoms with Crippen LogP contribution in [0, 0.1) is 0 Å². The number of hydrogen-bond acceptors (Lipinski definition) is 5. The Balaban J connectivity index is 1.86. The lowest BCUT2D eigenvalue weighted by molar-refractivity contribution is -0.128. The summed E-state index contributed by atoms with van der Waals surface area (Å²) in [6.45, 7) is 0.294. The van der Waals surface area contributed by atoms with Crippen LogP contribution in [0.15, 0.2) is 35.5 Å². The molecule has 1 aromatic heterocycles. The van der Waals surface area contributed by atoms with E-state index in [1.807, 2.05) is 0 Å². The summed E-state index contributed by atoms with van der Waals surface area (Å²) in [7, 11) is -3.25. The van der Waals surface area contributed by atoms with Gasteiger partial charge in [-0.1, -0.05) is 31.4 Å². The number of rotatable bonds is 5. The standard InChI is InChI=1S/C17H22N4O3S/c1-25(23,24)14-7-5-13(6-8-14)17(9-3-2-4-10-17)16(22)18-11-15-19-12-20-21-15/h5-8,12H,2-4,9-11H2,1H3,(H,18,22)(H,19,20,21). The van der Waals surface area contributed by atoms with E-state index in [-0.39, 0.29) is 10.8 Å². The Labute approximate surface area is 147 Å². The third-order valence-electron chi connectivity index (χ3n) is 4.86. The van der Waals surface area contributed by atoms with Crippen LogP contribution in [0.4, 0.5) is 0 Å². The Kier molecular flexibility index (Phi) is 4.89. The molecule has 1 saturated carbocycles. The monoisotopic (exact) mass is 362 g/mol. The Hall–Kier alpha value is -2.22. The molecule has 2 N–H and O–H groups in total. The highest BCUT2D eigenvalue weighted by molar-refractivity contribution is 7.90.